The maximum absolute atomic E-state index is 9.99. The number of hydrogen-bond acceptors (Lipinski definition) is 3. The van der Waals surface area contributed by atoms with Crippen LogP contribution in [0.4, 0.5) is 0 Å². The van der Waals surface area contributed by atoms with Crippen LogP contribution < -0.4 is 5.73 Å². The van der Waals surface area contributed by atoms with Crippen LogP contribution in [0, 0.1) is 0 Å². The van der Waals surface area contributed by atoms with Crippen molar-refractivity contribution in [3.8, 4) is 0 Å². The predicted molar refractivity (Wildman–Crippen MR) is 39.7 cm³/mol. The Kier molecular flexibility index (Phi) is 19.9. The zero-order valence-electron chi connectivity index (χ0n) is 6.58. The zero-order chi connectivity index (χ0) is 8.15. The maximum atomic E-state index is 9.99. The van der Waals surface area contributed by atoms with E-state index in [9.17, 15) is 9.59 Å². The minimum Gasteiger partial charge on any atom is -0.481 e. The fourth-order valence-corrected chi connectivity index (χ4v) is 0.402. The van der Waals surface area contributed by atoms with Gasteiger partial charge in [-0.05, 0) is 6.42 Å². The van der Waals surface area contributed by atoms with E-state index in [1.165, 1.54) is 0 Å². The summed E-state index contributed by atoms with van der Waals surface area (Å²) in [5, 5.41) is 16.3. The molecule has 0 aliphatic heterocycles. The van der Waals surface area contributed by atoms with Gasteiger partial charge in [-0.1, -0.05) is 0 Å². The van der Waals surface area contributed by atoms with Gasteiger partial charge in [0, 0.05) is 23.5 Å². The summed E-state index contributed by atoms with van der Waals surface area (Å²) in [6.07, 6.45) is -0.224. The topological polar surface area (TPSA) is 164 Å². The van der Waals surface area contributed by atoms with Gasteiger partial charge in [0.1, 0.15) is 6.04 Å². The van der Waals surface area contributed by atoms with Crippen molar-refractivity contribution in [2.75, 3.05) is 0 Å². The fraction of sp³-hybridized carbons (Fsp3) is 0.600. The van der Waals surface area contributed by atoms with Crippen molar-refractivity contribution in [2.24, 2.45) is 5.73 Å². The number of aliphatic carboxylic acids is 2. The molecule has 0 aliphatic carbocycles. The van der Waals surface area contributed by atoms with Crippen molar-refractivity contribution in [1.82, 2.24) is 0 Å². The van der Waals surface area contributed by atoms with E-state index in [4.69, 9.17) is 15.9 Å². The van der Waals surface area contributed by atoms with Crippen LogP contribution in [0.15, 0.2) is 0 Å². The summed E-state index contributed by atoms with van der Waals surface area (Å²) < 4.78 is 0. The Labute approximate surface area is 85.0 Å². The average molecular weight is 247 g/mol. The summed E-state index contributed by atoms with van der Waals surface area (Å²) in [5.41, 5.74) is 5.00. The second-order valence-corrected chi connectivity index (χ2v) is 1.88. The molecule has 0 saturated carbocycles. The molecule has 0 rings (SSSR count). The van der Waals surface area contributed by atoms with Gasteiger partial charge in [0.25, 0.3) is 0 Å². The summed E-state index contributed by atoms with van der Waals surface area (Å²) in [6, 6.07) is -1.06. The average Bonchev–Trinajstić information content (AvgIpc) is 1.82. The number of rotatable bonds is 4. The van der Waals surface area contributed by atoms with Crippen LogP contribution in [-0.4, -0.2) is 39.1 Å². The molecule has 0 amide bonds. The van der Waals surface area contributed by atoms with E-state index in [2.05, 4.69) is 0 Å². The van der Waals surface area contributed by atoms with Crippen LogP contribution in [0.5, 0.6) is 0 Å². The summed E-state index contributed by atoms with van der Waals surface area (Å²) >= 11 is 0. The van der Waals surface area contributed by atoms with Gasteiger partial charge >= 0.3 is 11.9 Å². The number of carboxylic acid groups (broad SMARTS) is 2. The van der Waals surface area contributed by atoms with Crippen LogP contribution in [0.3, 0.4) is 0 Å². The molecule has 8 N–H and O–H groups in total. The van der Waals surface area contributed by atoms with E-state index in [0.29, 0.717) is 0 Å². The molecule has 7 nitrogen and oxygen atoms in total. The molecule has 0 aromatic carbocycles. The van der Waals surface area contributed by atoms with Gasteiger partial charge in [-0.2, -0.15) is 0 Å². The van der Waals surface area contributed by atoms with E-state index in [0.717, 1.165) is 0 Å². The van der Waals surface area contributed by atoms with Crippen LogP contribution in [0.2, 0.25) is 0 Å². The summed E-state index contributed by atoms with van der Waals surface area (Å²) in [6.45, 7) is 0. The van der Waals surface area contributed by atoms with Gasteiger partial charge in [0.05, 0.1) is 0 Å². The molecule has 13 heavy (non-hydrogen) atoms. The first kappa shape index (κ1) is 22.8. The predicted octanol–water partition coefficient (Wildman–Crippen LogP) is -2.39. The molecule has 0 fully saturated rings. The van der Waals surface area contributed by atoms with Crippen molar-refractivity contribution in [3.63, 3.8) is 0 Å². The molecule has 0 aromatic rings. The molecule has 1 atom stereocenters. The van der Waals surface area contributed by atoms with Gasteiger partial charge in [0.15, 0.2) is 0 Å². The molecule has 1 radical (unpaired) electrons. The Bertz CT molecular complexity index is 152. The minimum atomic E-state index is -1.17. The quantitative estimate of drug-likeness (QED) is 0.470. The standard InChI is InChI=1S/C5H9NO4.Cu.2H2O/c6-3(5(9)10)1-2-4(7)8;;;/h3H,1-2,6H2,(H,7,8)(H,9,10);;2*1H2/t3-;;;/m0.../s1. The number of carboxylic acids is 2. The molecule has 0 aromatic heterocycles. The van der Waals surface area contributed by atoms with Crippen LogP contribution in [0.1, 0.15) is 12.8 Å². The second kappa shape index (κ2) is 11.3. The van der Waals surface area contributed by atoms with E-state index < -0.39 is 18.0 Å². The van der Waals surface area contributed by atoms with Crippen molar-refractivity contribution in [3.05, 3.63) is 0 Å². The van der Waals surface area contributed by atoms with Crippen molar-refractivity contribution in [1.29, 1.82) is 0 Å². The van der Waals surface area contributed by atoms with Crippen molar-refractivity contribution in [2.45, 2.75) is 18.9 Å². The molecule has 8 heteroatoms. The summed E-state index contributed by atoms with van der Waals surface area (Å²) in [7, 11) is 0. The van der Waals surface area contributed by atoms with Gasteiger partial charge in [-0.25, -0.2) is 0 Å². The van der Waals surface area contributed by atoms with Gasteiger partial charge in [0.2, 0.25) is 0 Å². The maximum Gasteiger partial charge on any atom is 0.320 e. The fourth-order valence-electron chi connectivity index (χ4n) is 0.402. The molecular weight excluding hydrogens is 234 g/mol. The molecular formula is C5H13CuNO6. The smallest absolute Gasteiger partial charge is 0.320 e. The summed E-state index contributed by atoms with van der Waals surface area (Å²) in [4.78, 5) is 19.9. The SMILES string of the molecule is N[C@@H](CCC(=O)O)C(=O)O.O.O.[Cu]. The molecule has 0 bridgehead atoms. The minimum absolute atomic E-state index is 0. The Hall–Kier alpha value is -0.661. The van der Waals surface area contributed by atoms with E-state index in [1.807, 2.05) is 0 Å². The molecule has 0 aliphatic rings. The molecule has 0 saturated heterocycles. The molecule has 0 heterocycles. The van der Waals surface area contributed by atoms with Gasteiger partial charge in [-0.15, -0.1) is 0 Å². The Balaban J connectivity index is -0.000000135. The third-order valence-electron chi connectivity index (χ3n) is 0.986. The second-order valence-electron chi connectivity index (χ2n) is 1.88. The third kappa shape index (κ3) is 14.2. The number of carbonyl (C=O) groups is 2. The molecule has 85 valence electrons. The first-order valence-corrected chi connectivity index (χ1v) is 2.74. The first-order chi connectivity index (χ1) is 4.54. The number of nitrogens with two attached hydrogens (primary N) is 1. The van der Waals surface area contributed by atoms with Crippen molar-refractivity contribution >= 4 is 11.9 Å². The summed E-state index contributed by atoms with van der Waals surface area (Å²) in [5.74, 6) is -2.20. The normalized spacial score (nSPS) is 9.62. The van der Waals surface area contributed by atoms with Gasteiger partial charge in [-0.3, -0.25) is 9.59 Å². The monoisotopic (exact) mass is 246 g/mol. The molecule has 0 spiro atoms. The number of hydrogen-bond donors (Lipinski definition) is 3. The van der Waals surface area contributed by atoms with E-state index in [1.54, 1.807) is 0 Å². The Morgan fingerprint density at radius 3 is 1.85 bits per heavy atom. The Morgan fingerprint density at radius 1 is 1.23 bits per heavy atom. The first-order valence-electron chi connectivity index (χ1n) is 2.74. The van der Waals surface area contributed by atoms with Crippen LogP contribution in [0.25, 0.3) is 0 Å². The van der Waals surface area contributed by atoms with E-state index >= 15 is 0 Å². The zero-order valence-corrected chi connectivity index (χ0v) is 7.52. The largest absolute Gasteiger partial charge is 0.481 e. The Morgan fingerprint density at radius 2 is 1.62 bits per heavy atom. The van der Waals surface area contributed by atoms with Crippen molar-refractivity contribution < 1.29 is 47.8 Å². The van der Waals surface area contributed by atoms with Gasteiger partial charge < -0.3 is 26.9 Å². The van der Waals surface area contributed by atoms with E-state index in [-0.39, 0.29) is 40.9 Å². The molecule has 0 unspecified atom stereocenters. The van der Waals surface area contributed by atoms with Crippen LogP contribution >= 0.6 is 0 Å². The van der Waals surface area contributed by atoms with Crippen LogP contribution in [-0.2, 0) is 26.7 Å². The third-order valence-corrected chi connectivity index (χ3v) is 0.986.